The highest BCUT2D eigenvalue weighted by molar-refractivity contribution is 7.99. The zero-order valence-corrected chi connectivity index (χ0v) is 11.9. The molecular weight excluding hydrogens is 252 g/mol. The molecule has 1 nitrogen and oxygen atoms in total. The highest BCUT2D eigenvalue weighted by Crippen LogP contribution is 2.21. The van der Waals surface area contributed by atoms with Crippen LogP contribution in [0.2, 0.25) is 0 Å². The van der Waals surface area contributed by atoms with Gasteiger partial charge in [-0.25, -0.2) is 0 Å². The Morgan fingerprint density at radius 3 is 2.21 bits per heavy atom. The second-order valence-electron chi connectivity index (χ2n) is 4.60. The summed E-state index contributed by atoms with van der Waals surface area (Å²) in [6, 6.07) is 19.9. The van der Waals surface area contributed by atoms with Gasteiger partial charge in [0.25, 0.3) is 0 Å². The summed E-state index contributed by atoms with van der Waals surface area (Å²) in [7, 11) is 0. The first-order chi connectivity index (χ1) is 9.25. The molecule has 0 bridgehead atoms. The molecule has 19 heavy (non-hydrogen) atoms. The van der Waals surface area contributed by atoms with Crippen LogP contribution in [0.1, 0.15) is 29.3 Å². The summed E-state index contributed by atoms with van der Waals surface area (Å²) in [5.41, 5.74) is 2.13. The monoisotopic (exact) mass is 270 g/mol. The van der Waals surface area contributed by atoms with Crippen molar-refractivity contribution in [1.29, 1.82) is 0 Å². The van der Waals surface area contributed by atoms with Gasteiger partial charge in [-0.2, -0.15) is 11.8 Å². The Bertz CT molecular complexity index is 507. The van der Waals surface area contributed by atoms with Gasteiger partial charge in [0, 0.05) is 23.0 Å². The molecule has 0 aliphatic rings. The minimum absolute atomic E-state index is 0.230. The van der Waals surface area contributed by atoms with E-state index in [1.165, 1.54) is 5.56 Å². The Morgan fingerprint density at radius 1 is 1.00 bits per heavy atom. The average molecular weight is 270 g/mol. The lowest BCUT2D eigenvalue weighted by Crippen LogP contribution is -2.07. The summed E-state index contributed by atoms with van der Waals surface area (Å²) in [5, 5.41) is 0.341. The van der Waals surface area contributed by atoms with E-state index in [0.717, 1.165) is 11.3 Å². The standard InChI is InChI=1S/C17H18OS/c1-14(19-13-15-8-4-2-5-9-15)12-17(18)16-10-6-3-7-11-16/h2-11,14H,12-13H2,1H3/t14-/m1/s1. The van der Waals surface area contributed by atoms with Crippen LogP contribution in [0.25, 0.3) is 0 Å². The molecule has 0 amide bonds. The Balaban J connectivity index is 1.81. The molecular formula is C17H18OS. The lowest BCUT2D eigenvalue weighted by Gasteiger charge is -2.10. The van der Waals surface area contributed by atoms with E-state index in [9.17, 15) is 4.79 Å². The summed E-state index contributed by atoms with van der Waals surface area (Å²) in [6.07, 6.45) is 0.599. The molecule has 0 aliphatic carbocycles. The molecule has 2 aromatic rings. The van der Waals surface area contributed by atoms with E-state index in [1.807, 2.05) is 48.2 Å². The lowest BCUT2D eigenvalue weighted by molar-refractivity contribution is 0.0983. The quantitative estimate of drug-likeness (QED) is 0.715. The summed E-state index contributed by atoms with van der Waals surface area (Å²) < 4.78 is 0. The fraction of sp³-hybridized carbons (Fsp3) is 0.235. The number of thioether (sulfide) groups is 1. The third kappa shape index (κ3) is 4.56. The van der Waals surface area contributed by atoms with Gasteiger partial charge in [0.05, 0.1) is 0 Å². The number of Topliss-reactive ketones (excluding diaryl/α,β-unsaturated/α-hetero) is 1. The first-order valence-electron chi connectivity index (χ1n) is 6.49. The van der Waals surface area contributed by atoms with Crippen molar-refractivity contribution in [1.82, 2.24) is 0 Å². The summed E-state index contributed by atoms with van der Waals surface area (Å²) in [5.74, 6) is 1.19. The van der Waals surface area contributed by atoms with Crippen molar-refractivity contribution < 1.29 is 4.79 Å². The van der Waals surface area contributed by atoms with Crippen LogP contribution in [-0.2, 0) is 5.75 Å². The van der Waals surface area contributed by atoms with E-state index in [2.05, 4.69) is 31.2 Å². The van der Waals surface area contributed by atoms with Crippen molar-refractivity contribution >= 4 is 17.5 Å². The molecule has 2 heteroatoms. The SMILES string of the molecule is C[C@H](CC(=O)c1ccccc1)SCc1ccccc1. The second kappa shape index (κ2) is 7.15. The van der Waals surface area contributed by atoms with Crippen LogP contribution >= 0.6 is 11.8 Å². The van der Waals surface area contributed by atoms with E-state index < -0.39 is 0 Å². The molecule has 0 aromatic heterocycles. The summed E-state index contributed by atoms with van der Waals surface area (Å²) in [6.45, 7) is 2.12. The predicted molar refractivity (Wildman–Crippen MR) is 82.6 cm³/mol. The molecule has 0 N–H and O–H groups in total. The van der Waals surface area contributed by atoms with Crippen LogP contribution in [0, 0.1) is 0 Å². The summed E-state index contributed by atoms with van der Waals surface area (Å²) >= 11 is 1.83. The van der Waals surface area contributed by atoms with Crippen molar-refractivity contribution in [2.75, 3.05) is 0 Å². The second-order valence-corrected chi connectivity index (χ2v) is 6.03. The van der Waals surface area contributed by atoms with Gasteiger partial charge in [-0.3, -0.25) is 4.79 Å². The Labute approximate surface area is 119 Å². The van der Waals surface area contributed by atoms with Gasteiger partial charge in [-0.05, 0) is 5.56 Å². The number of hydrogen-bond donors (Lipinski definition) is 0. The Kier molecular flexibility index (Phi) is 5.22. The number of rotatable bonds is 6. The average Bonchev–Trinajstić information content (AvgIpc) is 2.47. The van der Waals surface area contributed by atoms with Gasteiger partial charge >= 0.3 is 0 Å². The molecule has 0 spiro atoms. The van der Waals surface area contributed by atoms with Crippen molar-refractivity contribution in [3.05, 3.63) is 71.8 Å². The molecule has 0 saturated carbocycles. The largest absolute Gasteiger partial charge is 0.294 e. The zero-order chi connectivity index (χ0) is 13.5. The highest BCUT2D eigenvalue weighted by Gasteiger charge is 2.11. The number of carbonyl (C=O) groups excluding carboxylic acids is 1. The number of benzene rings is 2. The van der Waals surface area contributed by atoms with Crippen LogP contribution in [0.4, 0.5) is 0 Å². The van der Waals surface area contributed by atoms with Gasteiger partial charge in [0.1, 0.15) is 0 Å². The van der Waals surface area contributed by atoms with E-state index in [-0.39, 0.29) is 5.78 Å². The van der Waals surface area contributed by atoms with E-state index >= 15 is 0 Å². The molecule has 2 aromatic carbocycles. The number of hydrogen-bond acceptors (Lipinski definition) is 2. The van der Waals surface area contributed by atoms with Crippen LogP contribution in [0.15, 0.2) is 60.7 Å². The normalized spacial score (nSPS) is 12.1. The van der Waals surface area contributed by atoms with Crippen molar-refractivity contribution in [3.63, 3.8) is 0 Å². The van der Waals surface area contributed by atoms with Gasteiger partial charge in [0.2, 0.25) is 0 Å². The predicted octanol–water partition coefficient (Wildman–Crippen LogP) is 4.58. The highest BCUT2D eigenvalue weighted by atomic mass is 32.2. The van der Waals surface area contributed by atoms with Crippen LogP contribution in [0.3, 0.4) is 0 Å². The fourth-order valence-corrected chi connectivity index (χ4v) is 2.81. The fourth-order valence-electron chi connectivity index (χ4n) is 1.87. The van der Waals surface area contributed by atoms with Crippen molar-refractivity contribution in [2.24, 2.45) is 0 Å². The van der Waals surface area contributed by atoms with E-state index in [4.69, 9.17) is 0 Å². The lowest BCUT2D eigenvalue weighted by atomic mass is 10.1. The molecule has 0 fully saturated rings. The van der Waals surface area contributed by atoms with Crippen LogP contribution in [0.5, 0.6) is 0 Å². The Morgan fingerprint density at radius 2 is 1.58 bits per heavy atom. The number of ketones is 1. The van der Waals surface area contributed by atoms with E-state index in [0.29, 0.717) is 11.7 Å². The van der Waals surface area contributed by atoms with Gasteiger partial charge in [-0.15, -0.1) is 0 Å². The first-order valence-corrected chi connectivity index (χ1v) is 7.54. The molecule has 0 saturated heterocycles. The molecule has 0 radical (unpaired) electrons. The topological polar surface area (TPSA) is 17.1 Å². The number of carbonyl (C=O) groups is 1. The van der Waals surface area contributed by atoms with Gasteiger partial charge in [-0.1, -0.05) is 67.6 Å². The molecule has 0 heterocycles. The third-order valence-electron chi connectivity index (χ3n) is 2.95. The zero-order valence-electron chi connectivity index (χ0n) is 11.1. The van der Waals surface area contributed by atoms with Crippen molar-refractivity contribution in [2.45, 2.75) is 24.3 Å². The van der Waals surface area contributed by atoms with Crippen molar-refractivity contribution in [3.8, 4) is 0 Å². The maximum atomic E-state index is 12.1. The summed E-state index contributed by atoms with van der Waals surface area (Å²) in [4.78, 5) is 12.1. The maximum Gasteiger partial charge on any atom is 0.163 e. The molecule has 98 valence electrons. The van der Waals surface area contributed by atoms with E-state index in [1.54, 1.807) is 0 Å². The Hall–Kier alpha value is -1.54. The molecule has 2 rings (SSSR count). The van der Waals surface area contributed by atoms with Crippen LogP contribution in [-0.4, -0.2) is 11.0 Å². The minimum Gasteiger partial charge on any atom is -0.294 e. The smallest absolute Gasteiger partial charge is 0.163 e. The minimum atomic E-state index is 0.230. The molecule has 1 atom stereocenters. The van der Waals surface area contributed by atoms with Gasteiger partial charge < -0.3 is 0 Å². The first kappa shape index (κ1) is 13.9. The molecule has 0 aliphatic heterocycles. The van der Waals surface area contributed by atoms with Crippen LogP contribution < -0.4 is 0 Å². The molecule has 0 unspecified atom stereocenters. The third-order valence-corrected chi connectivity index (χ3v) is 4.18. The maximum absolute atomic E-state index is 12.1. The van der Waals surface area contributed by atoms with Gasteiger partial charge in [0.15, 0.2) is 5.78 Å².